The van der Waals surface area contributed by atoms with Crippen molar-refractivity contribution >= 4 is 51.7 Å². The lowest BCUT2D eigenvalue weighted by molar-refractivity contribution is -0.137. The smallest absolute Gasteiger partial charge is 0.326 e. The summed E-state index contributed by atoms with van der Waals surface area (Å²) in [5, 5.41) is 4.17. The molecule has 2 N–H and O–H groups in total. The summed E-state index contributed by atoms with van der Waals surface area (Å²) in [5.41, 5.74) is 1.75. The van der Waals surface area contributed by atoms with Gasteiger partial charge in [0.2, 0.25) is 11.8 Å². The van der Waals surface area contributed by atoms with Crippen molar-refractivity contribution in [1.82, 2.24) is 5.32 Å². The van der Waals surface area contributed by atoms with Gasteiger partial charge in [0.05, 0.1) is 16.3 Å². The van der Waals surface area contributed by atoms with Crippen molar-refractivity contribution in [2.24, 2.45) is 4.99 Å². The Bertz CT molecular complexity index is 1040. The summed E-state index contributed by atoms with van der Waals surface area (Å²) in [7, 11) is 0. The molecule has 0 unspecified atom stereocenters. The molecule has 1 aliphatic heterocycles. The second-order valence-electron chi connectivity index (χ2n) is 6.73. The number of hydrogen-bond donors (Lipinski definition) is 2. The molecular formula is C20H17ClF3N3O2S. The molecule has 1 fully saturated rings. The van der Waals surface area contributed by atoms with E-state index in [-0.39, 0.29) is 18.0 Å². The average molecular weight is 456 g/mol. The molecule has 30 heavy (non-hydrogen) atoms. The molecule has 0 aliphatic carbocycles. The molecule has 1 saturated heterocycles. The van der Waals surface area contributed by atoms with Gasteiger partial charge >= 0.3 is 6.18 Å². The van der Waals surface area contributed by atoms with Crippen LogP contribution in [0.5, 0.6) is 0 Å². The highest BCUT2D eigenvalue weighted by molar-refractivity contribution is 8.15. The highest BCUT2D eigenvalue weighted by Gasteiger charge is 2.34. The molecule has 0 spiro atoms. The predicted octanol–water partition coefficient (Wildman–Crippen LogP) is 5.22. The van der Waals surface area contributed by atoms with Gasteiger partial charge in [-0.2, -0.15) is 13.2 Å². The quantitative estimate of drug-likeness (QED) is 0.663. The number of halogens is 4. The summed E-state index contributed by atoms with van der Waals surface area (Å²) >= 11 is 6.67. The van der Waals surface area contributed by atoms with Gasteiger partial charge < -0.3 is 10.6 Å². The molecule has 1 aliphatic rings. The second kappa shape index (κ2) is 8.69. The van der Waals surface area contributed by atoms with Crippen LogP contribution in [-0.2, 0) is 15.8 Å². The van der Waals surface area contributed by atoms with E-state index in [1.807, 2.05) is 32.0 Å². The normalized spacial score (nSPS) is 17.9. The number of nitrogens with zero attached hydrogens (tertiary/aromatic N) is 1. The lowest BCUT2D eigenvalue weighted by Gasteiger charge is -2.12. The zero-order valence-electron chi connectivity index (χ0n) is 15.9. The number of nitrogens with one attached hydrogen (secondary N) is 2. The Balaban J connectivity index is 1.65. The number of rotatable bonds is 4. The Morgan fingerprint density at radius 2 is 1.93 bits per heavy atom. The van der Waals surface area contributed by atoms with Gasteiger partial charge in [-0.1, -0.05) is 29.4 Å². The number of carbonyl (C=O) groups is 2. The van der Waals surface area contributed by atoms with E-state index in [0.29, 0.717) is 10.9 Å². The number of benzene rings is 2. The van der Waals surface area contributed by atoms with Gasteiger partial charge in [-0.15, -0.1) is 0 Å². The van der Waals surface area contributed by atoms with Crippen LogP contribution in [0.4, 0.5) is 24.5 Å². The van der Waals surface area contributed by atoms with Crippen LogP contribution in [0.2, 0.25) is 5.02 Å². The van der Waals surface area contributed by atoms with E-state index in [2.05, 4.69) is 15.6 Å². The molecule has 0 aromatic heterocycles. The average Bonchev–Trinajstić information content (AvgIpc) is 2.97. The Labute approximate surface area is 180 Å². The number of thioether (sulfide) groups is 1. The Hall–Kier alpha value is -2.52. The van der Waals surface area contributed by atoms with Crippen LogP contribution in [0, 0.1) is 13.8 Å². The van der Waals surface area contributed by atoms with Gasteiger partial charge in [0, 0.05) is 12.1 Å². The third-order valence-corrected chi connectivity index (χ3v) is 5.84. The fourth-order valence-electron chi connectivity index (χ4n) is 2.71. The first kappa shape index (κ1) is 22.2. The lowest BCUT2D eigenvalue weighted by atomic mass is 10.1. The van der Waals surface area contributed by atoms with Crippen LogP contribution in [0.1, 0.15) is 23.1 Å². The molecule has 2 amide bonds. The summed E-state index contributed by atoms with van der Waals surface area (Å²) in [5.74, 6) is -0.977. The minimum atomic E-state index is -4.64. The largest absolute Gasteiger partial charge is 0.417 e. The third-order valence-electron chi connectivity index (χ3n) is 4.42. The molecule has 2 aromatic carbocycles. The van der Waals surface area contributed by atoms with Crippen LogP contribution in [-0.4, -0.2) is 22.2 Å². The first-order valence-corrected chi connectivity index (χ1v) is 10.1. The SMILES string of the molecule is Cc1ccc(N=C2NC(=O)[C@H](CC(=O)Nc3ccc(Cl)c(C(F)(F)F)c3)S2)cc1C. The number of hydrogen-bond acceptors (Lipinski definition) is 4. The molecule has 2 aromatic rings. The number of amidine groups is 1. The van der Waals surface area contributed by atoms with Gasteiger partial charge in [0.15, 0.2) is 5.17 Å². The van der Waals surface area contributed by atoms with Crippen molar-refractivity contribution in [3.63, 3.8) is 0 Å². The van der Waals surface area contributed by atoms with Crippen LogP contribution in [0.15, 0.2) is 41.4 Å². The second-order valence-corrected chi connectivity index (χ2v) is 8.32. The van der Waals surface area contributed by atoms with E-state index in [0.717, 1.165) is 35.0 Å². The summed E-state index contributed by atoms with van der Waals surface area (Å²) in [6.45, 7) is 3.93. The molecule has 5 nitrogen and oxygen atoms in total. The number of aryl methyl sites for hydroxylation is 2. The summed E-state index contributed by atoms with van der Waals surface area (Å²) < 4.78 is 38.8. The molecular weight excluding hydrogens is 439 g/mol. The van der Waals surface area contributed by atoms with E-state index >= 15 is 0 Å². The first-order chi connectivity index (χ1) is 14.0. The summed E-state index contributed by atoms with van der Waals surface area (Å²) in [6.07, 6.45) is -4.86. The maximum atomic E-state index is 12.9. The molecule has 0 saturated carbocycles. The molecule has 10 heteroatoms. The van der Waals surface area contributed by atoms with Gasteiger partial charge in [-0.3, -0.25) is 9.59 Å². The van der Waals surface area contributed by atoms with E-state index in [4.69, 9.17) is 11.6 Å². The Kier molecular flexibility index (Phi) is 6.42. The topological polar surface area (TPSA) is 70.6 Å². The van der Waals surface area contributed by atoms with E-state index < -0.39 is 27.9 Å². The number of amides is 2. The number of anilines is 1. The molecule has 1 heterocycles. The van der Waals surface area contributed by atoms with Gasteiger partial charge in [-0.05, 0) is 55.3 Å². The minimum absolute atomic E-state index is 0.0517. The molecule has 0 bridgehead atoms. The van der Waals surface area contributed by atoms with E-state index in [1.165, 1.54) is 6.07 Å². The number of carbonyl (C=O) groups excluding carboxylic acids is 2. The molecule has 158 valence electrons. The highest BCUT2D eigenvalue weighted by Crippen LogP contribution is 2.36. The van der Waals surface area contributed by atoms with Crippen LogP contribution >= 0.6 is 23.4 Å². The fourth-order valence-corrected chi connectivity index (χ4v) is 3.92. The van der Waals surface area contributed by atoms with Crippen molar-refractivity contribution in [3.8, 4) is 0 Å². The zero-order chi connectivity index (χ0) is 22.1. The molecule has 3 rings (SSSR count). The van der Waals surface area contributed by atoms with Gasteiger partial charge in [0.1, 0.15) is 5.25 Å². The summed E-state index contributed by atoms with van der Waals surface area (Å²) in [6, 6.07) is 8.71. The van der Waals surface area contributed by atoms with E-state index in [9.17, 15) is 22.8 Å². The van der Waals surface area contributed by atoms with Crippen LogP contribution in [0.3, 0.4) is 0 Å². The predicted molar refractivity (Wildman–Crippen MR) is 112 cm³/mol. The van der Waals surface area contributed by atoms with Crippen LogP contribution < -0.4 is 10.6 Å². The Morgan fingerprint density at radius 1 is 1.20 bits per heavy atom. The van der Waals surface area contributed by atoms with Crippen molar-refractivity contribution < 1.29 is 22.8 Å². The summed E-state index contributed by atoms with van der Waals surface area (Å²) in [4.78, 5) is 28.8. The Morgan fingerprint density at radius 3 is 2.60 bits per heavy atom. The van der Waals surface area contributed by atoms with E-state index in [1.54, 1.807) is 0 Å². The standard InChI is InChI=1S/C20H17ClF3N3O2S/c1-10-3-4-12(7-11(10)2)26-19-27-18(29)16(30-19)9-17(28)25-13-5-6-15(21)14(8-13)20(22,23)24/h3-8,16H,9H2,1-2H3,(H,25,28)(H,26,27,29)/t16-/m0/s1. The van der Waals surface area contributed by atoms with Crippen LogP contribution in [0.25, 0.3) is 0 Å². The van der Waals surface area contributed by atoms with Crippen molar-refractivity contribution in [2.45, 2.75) is 31.7 Å². The molecule has 1 atom stereocenters. The first-order valence-electron chi connectivity index (χ1n) is 8.83. The number of aliphatic imine (C=N–C) groups is 1. The van der Waals surface area contributed by atoms with Gasteiger partial charge in [-0.25, -0.2) is 4.99 Å². The maximum Gasteiger partial charge on any atom is 0.417 e. The lowest BCUT2D eigenvalue weighted by Crippen LogP contribution is -2.28. The highest BCUT2D eigenvalue weighted by atomic mass is 35.5. The van der Waals surface area contributed by atoms with Gasteiger partial charge in [0.25, 0.3) is 0 Å². The monoisotopic (exact) mass is 455 g/mol. The fraction of sp³-hybridized carbons (Fsp3) is 0.250. The zero-order valence-corrected chi connectivity index (χ0v) is 17.5. The number of alkyl halides is 3. The van der Waals surface area contributed by atoms with Crippen molar-refractivity contribution in [2.75, 3.05) is 5.32 Å². The molecule has 0 radical (unpaired) electrons. The third kappa shape index (κ3) is 5.34. The van der Waals surface area contributed by atoms with Crippen molar-refractivity contribution in [1.29, 1.82) is 0 Å². The minimum Gasteiger partial charge on any atom is -0.326 e. The maximum absolute atomic E-state index is 12.9. The van der Waals surface area contributed by atoms with Crippen molar-refractivity contribution in [3.05, 3.63) is 58.1 Å².